The first-order chi connectivity index (χ1) is 11.9. The Kier molecular flexibility index (Phi) is 5.13. The van der Waals surface area contributed by atoms with Crippen molar-refractivity contribution >= 4 is 6.08 Å². The standard InChI is InChI=1S/C20H20F3NO/c1-24(14-16-6-9-19-17(13-16)10-12-25-19)11-2-3-15-4-7-18(8-5-15)20(21,22)23/h2-9,13H,10-12,14H2,1H3. The van der Waals surface area contributed by atoms with Gasteiger partial charge in [0.05, 0.1) is 12.2 Å². The van der Waals surface area contributed by atoms with Gasteiger partial charge in [-0.3, -0.25) is 4.90 Å². The van der Waals surface area contributed by atoms with E-state index in [9.17, 15) is 13.2 Å². The van der Waals surface area contributed by atoms with Gasteiger partial charge < -0.3 is 4.74 Å². The van der Waals surface area contributed by atoms with Crippen LogP contribution in [0.4, 0.5) is 13.2 Å². The third kappa shape index (κ3) is 4.63. The van der Waals surface area contributed by atoms with Gasteiger partial charge in [-0.25, -0.2) is 0 Å². The predicted octanol–water partition coefficient (Wildman–Crippen LogP) is 4.79. The van der Waals surface area contributed by atoms with Crippen LogP contribution in [-0.2, 0) is 19.1 Å². The first-order valence-electron chi connectivity index (χ1n) is 8.19. The zero-order chi connectivity index (χ0) is 17.9. The number of fused-ring (bicyclic) bond motifs is 1. The second kappa shape index (κ2) is 7.31. The number of alkyl halides is 3. The second-order valence-electron chi connectivity index (χ2n) is 6.26. The Bertz CT molecular complexity index is 751. The molecule has 0 spiro atoms. The molecule has 0 radical (unpaired) electrons. The summed E-state index contributed by atoms with van der Waals surface area (Å²) in [5, 5.41) is 0. The maximum atomic E-state index is 12.5. The molecule has 2 aromatic rings. The maximum absolute atomic E-state index is 12.5. The molecule has 1 heterocycles. The summed E-state index contributed by atoms with van der Waals surface area (Å²) in [6.45, 7) is 2.28. The van der Waals surface area contributed by atoms with Crippen LogP contribution in [-0.4, -0.2) is 25.1 Å². The molecule has 3 rings (SSSR count). The van der Waals surface area contributed by atoms with Crippen LogP contribution in [0.25, 0.3) is 6.08 Å². The van der Waals surface area contributed by atoms with Crippen molar-refractivity contribution in [2.75, 3.05) is 20.2 Å². The minimum atomic E-state index is -4.29. The highest BCUT2D eigenvalue weighted by molar-refractivity contribution is 5.50. The molecule has 0 saturated carbocycles. The SMILES string of the molecule is CN(CC=Cc1ccc(C(F)(F)F)cc1)Cc1ccc2c(c1)CCO2. The largest absolute Gasteiger partial charge is 0.493 e. The van der Waals surface area contributed by atoms with Crippen LogP contribution >= 0.6 is 0 Å². The first-order valence-corrected chi connectivity index (χ1v) is 8.19. The summed E-state index contributed by atoms with van der Waals surface area (Å²) in [6.07, 6.45) is 0.469. The molecule has 1 aliphatic heterocycles. The van der Waals surface area contributed by atoms with Gasteiger partial charge in [0.15, 0.2) is 0 Å². The van der Waals surface area contributed by atoms with Gasteiger partial charge in [0.1, 0.15) is 5.75 Å². The van der Waals surface area contributed by atoms with Gasteiger partial charge in [-0.1, -0.05) is 36.4 Å². The van der Waals surface area contributed by atoms with Crippen LogP contribution in [0.1, 0.15) is 22.3 Å². The summed E-state index contributed by atoms with van der Waals surface area (Å²) in [7, 11) is 2.01. The molecule has 0 fully saturated rings. The molecule has 25 heavy (non-hydrogen) atoms. The van der Waals surface area contributed by atoms with E-state index in [1.165, 1.54) is 23.3 Å². The number of ether oxygens (including phenoxy) is 1. The molecular weight excluding hydrogens is 327 g/mol. The zero-order valence-electron chi connectivity index (χ0n) is 14.0. The molecule has 0 aliphatic carbocycles. The van der Waals surface area contributed by atoms with Crippen LogP contribution in [0.2, 0.25) is 0 Å². The van der Waals surface area contributed by atoms with Gasteiger partial charge in [-0.05, 0) is 41.9 Å². The third-order valence-corrected chi connectivity index (χ3v) is 4.17. The molecule has 0 saturated heterocycles. The van der Waals surface area contributed by atoms with Crippen molar-refractivity contribution in [1.82, 2.24) is 4.90 Å². The number of nitrogens with zero attached hydrogens (tertiary/aromatic N) is 1. The van der Waals surface area contributed by atoms with E-state index in [0.717, 1.165) is 43.0 Å². The van der Waals surface area contributed by atoms with Gasteiger partial charge in [0, 0.05) is 19.5 Å². The highest BCUT2D eigenvalue weighted by Crippen LogP contribution is 2.29. The molecule has 132 valence electrons. The lowest BCUT2D eigenvalue weighted by atomic mass is 10.1. The molecule has 2 nitrogen and oxygen atoms in total. The van der Waals surface area contributed by atoms with Crippen LogP contribution in [0.3, 0.4) is 0 Å². The minimum Gasteiger partial charge on any atom is -0.493 e. The van der Waals surface area contributed by atoms with Gasteiger partial charge in [0.25, 0.3) is 0 Å². The summed E-state index contributed by atoms with van der Waals surface area (Å²) in [5.41, 5.74) is 2.62. The van der Waals surface area contributed by atoms with Crippen molar-refractivity contribution in [3.8, 4) is 5.75 Å². The van der Waals surface area contributed by atoms with E-state index in [2.05, 4.69) is 17.0 Å². The molecular formula is C20H20F3NO. The number of halogens is 3. The van der Waals surface area contributed by atoms with Gasteiger partial charge in [-0.15, -0.1) is 0 Å². The van der Waals surface area contributed by atoms with E-state index in [1.54, 1.807) is 0 Å². The van der Waals surface area contributed by atoms with Crippen molar-refractivity contribution in [3.63, 3.8) is 0 Å². The van der Waals surface area contributed by atoms with Gasteiger partial charge in [0.2, 0.25) is 0 Å². The summed E-state index contributed by atoms with van der Waals surface area (Å²) >= 11 is 0. The van der Waals surface area contributed by atoms with Crippen molar-refractivity contribution < 1.29 is 17.9 Å². The summed E-state index contributed by atoms with van der Waals surface area (Å²) in [5.74, 6) is 0.980. The monoisotopic (exact) mass is 347 g/mol. The van der Waals surface area contributed by atoms with E-state index in [0.29, 0.717) is 6.54 Å². The topological polar surface area (TPSA) is 12.5 Å². The fraction of sp³-hybridized carbons (Fsp3) is 0.300. The first kappa shape index (κ1) is 17.5. The maximum Gasteiger partial charge on any atom is 0.416 e. The average molecular weight is 347 g/mol. The van der Waals surface area contributed by atoms with Crippen molar-refractivity contribution in [2.45, 2.75) is 19.1 Å². The highest BCUT2D eigenvalue weighted by atomic mass is 19.4. The fourth-order valence-corrected chi connectivity index (χ4v) is 2.87. The Morgan fingerprint density at radius 3 is 2.60 bits per heavy atom. The third-order valence-electron chi connectivity index (χ3n) is 4.17. The Morgan fingerprint density at radius 2 is 1.88 bits per heavy atom. The van der Waals surface area contributed by atoms with Crippen molar-refractivity contribution in [1.29, 1.82) is 0 Å². The van der Waals surface area contributed by atoms with Gasteiger partial charge >= 0.3 is 6.18 Å². The highest BCUT2D eigenvalue weighted by Gasteiger charge is 2.29. The lowest BCUT2D eigenvalue weighted by molar-refractivity contribution is -0.137. The van der Waals surface area contributed by atoms with Crippen LogP contribution in [0.5, 0.6) is 5.75 Å². The quantitative estimate of drug-likeness (QED) is 0.771. The molecule has 2 aromatic carbocycles. The molecule has 0 aromatic heterocycles. The lowest BCUT2D eigenvalue weighted by Crippen LogP contribution is -2.17. The Morgan fingerprint density at radius 1 is 1.12 bits per heavy atom. The molecule has 0 amide bonds. The zero-order valence-corrected chi connectivity index (χ0v) is 14.0. The summed E-state index contributed by atoms with van der Waals surface area (Å²) in [4.78, 5) is 2.15. The fourth-order valence-electron chi connectivity index (χ4n) is 2.87. The smallest absolute Gasteiger partial charge is 0.416 e. The van der Waals surface area contributed by atoms with Gasteiger partial charge in [-0.2, -0.15) is 13.2 Å². The van der Waals surface area contributed by atoms with E-state index in [1.807, 2.05) is 25.3 Å². The number of rotatable bonds is 5. The predicted molar refractivity (Wildman–Crippen MR) is 92.5 cm³/mol. The lowest BCUT2D eigenvalue weighted by Gasteiger charge is -2.15. The summed E-state index contributed by atoms with van der Waals surface area (Å²) < 4.78 is 43.1. The number of benzene rings is 2. The number of likely N-dealkylation sites (N-methyl/N-ethyl adjacent to an activating group) is 1. The number of hydrogen-bond acceptors (Lipinski definition) is 2. The van der Waals surface area contributed by atoms with Crippen LogP contribution in [0, 0.1) is 0 Å². The Balaban J connectivity index is 1.53. The van der Waals surface area contributed by atoms with E-state index in [-0.39, 0.29) is 0 Å². The molecule has 1 aliphatic rings. The van der Waals surface area contributed by atoms with E-state index in [4.69, 9.17) is 4.74 Å². The Hall–Kier alpha value is -2.27. The molecule has 0 unspecified atom stereocenters. The summed E-state index contributed by atoms with van der Waals surface area (Å²) in [6, 6.07) is 11.5. The molecule has 0 atom stereocenters. The van der Waals surface area contributed by atoms with E-state index >= 15 is 0 Å². The normalized spacial score (nSPS) is 14.1. The molecule has 5 heteroatoms. The second-order valence-corrected chi connectivity index (χ2v) is 6.26. The molecule has 0 bridgehead atoms. The van der Waals surface area contributed by atoms with Crippen LogP contribution < -0.4 is 4.74 Å². The van der Waals surface area contributed by atoms with Crippen molar-refractivity contribution in [2.24, 2.45) is 0 Å². The van der Waals surface area contributed by atoms with E-state index < -0.39 is 11.7 Å². The average Bonchev–Trinajstić information content (AvgIpc) is 3.02. The minimum absolute atomic E-state index is 0.623. The molecule has 0 N–H and O–H groups in total. The Labute approximate surface area is 145 Å². The van der Waals surface area contributed by atoms with Crippen LogP contribution in [0.15, 0.2) is 48.5 Å². The number of hydrogen-bond donors (Lipinski definition) is 0. The van der Waals surface area contributed by atoms with Crippen molar-refractivity contribution in [3.05, 3.63) is 70.8 Å².